The number of aliphatic hydroxyl groups is 1. The molecule has 1 aliphatic rings. The number of halogens is 1. The number of rotatable bonds is 8. The summed E-state index contributed by atoms with van der Waals surface area (Å²) >= 11 is 6.23. The number of hydrogen-bond donors (Lipinski definition) is 3. The van der Waals surface area contributed by atoms with E-state index in [1.165, 1.54) is 32.1 Å². The lowest BCUT2D eigenvalue weighted by Gasteiger charge is -2.28. The van der Waals surface area contributed by atoms with Gasteiger partial charge in [0.15, 0.2) is 0 Å². The third-order valence-electron chi connectivity index (χ3n) is 5.39. The average Bonchev–Trinajstić information content (AvgIpc) is 2.63. The van der Waals surface area contributed by atoms with Crippen molar-refractivity contribution in [2.75, 3.05) is 7.05 Å². The summed E-state index contributed by atoms with van der Waals surface area (Å²) in [6.07, 6.45) is 7.29. The van der Waals surface area contributed by atoms with Crippen molar-refractivity contribution < 1.29 is 9.90 Å². The molecule has 0 radical (unpaired) electrons. The standard InChI is InChI=1S/C20H31ClN2O2/c1-23-20(25)16(12-15-9-5-6-10-17(15)21)13-19(24)18(22)11-14-7-3-2-4-8-14/h5-6,9-10,14,16,18-19,24H,2-4,7-8,11-13,22H2,1H3,(H,23,25)/t16?,18-,19?/m0/s1. The fraction of sp³-hybridized carbons (Fsp3) is 0.650. The molecule has 2 unspecified atom stereocenters. The molecule has 0 spiro atoms. The van der Waals surface area contributed by atoms with Crippen LogP contribution in [0.15, 0.2) is 24.3 Å². The van der Waals surface area contributed by atoms with Crippen LogP contribution in [0.25, 0.3) is 0 Å². The second kappa shape index (κ2) is 10.1. The molecule has 4 nitrogen and oxygen atoms in total. The molecule has 2 rings (SSSR count). The number of carbonyl (C=O) groups is 1. The maximum Gasteiger partial charge on any atom is 0.223 e. The molecular formula is C20H31ClN2O2. The lowest BCUT2D eigenvalue weighted by Crippen LogP contribution is -2.41. The molecule has 0 heterocycles. The van der Waals surface area contributed by atoms with Crippen LogP contribution >= 0.6 is 11.6 Å². The minimum atomic E-state index is -0.674. The van der Waals surface area contributed by atoms with Gasteiger partial charge in [-0.3, -0.25) is 4.79 Å². The highest BCUT2D eigenvalue weighted by molar-refractivity contribution is 6.31. The van der Waals surface area contributed by atoms with E-state index in [1.54, 1.807) is 7.05 Å². The zero-order valence-corrected chi connectivity index (χ0v) is 15.8. The van der Waals surface area contributed by atoms with E-state index in [0.717, 1.165) is 12.0 Å². The van der Waals surface area contributed by atoms with Gasteiger partial charge in [0.05, 0.1) is 6.10 Å². The minimum Gasteiger partial charge on any atom is -0.391 e. The summed E-state index contributed by atoms with van der Waals surface area (Å²) in [5.74, 6) is 0.196. The number of carbonyl (C=O) groups excluding carboxylic acids is 1. The summed E-state index contributed by atoms with van der Waals surface area (Å²) in [7, 11) is 1.62. The number of nitrogens with two attached hydrogens (primary N) is 1. The van der Waals surface area contributed by atoms with Crippen LogP contribution in [0.3, 0.4) is 0 Å². The third-order valence-corrected chi connectivity index (χ3v) is 5.76. The molecule has 0 aromatic heterocycles. The first kappa shape index (κ1) is 20.2. The van der Waals surface area contributed by atoms with Gasteiger partial charge in [-0.05, 0) is 36.8 Å². The van der Waals surface area contributed by atoms with E-state index in [4.69, 9.17) is 17.3 Å². The summed E-state index contributed by atoms with van der Waals surface area (Å²) in [4.78, 5) is 12.3. The van der Waals surface area contributed by atoms with Gasteiger partial charge in [-0.2, -0.15) is 0 Å². The van der Waals surface area contributed by atoms with Crippen LogP contribution in [0.2, 0.25) is 5.02 Å². The fourth-order valence-electron chi connectivity index (χ4n) is 3.85. The first-order valence-electron chi connectivity index (χ1n) is 9.40. The third kappa shape index (κ3) is 6.28. The van der Waals surface area contributed by atoms with Crippen LogP contribution in [-0.2, 0) is 11.2 Å². The van der Waals surface area contributed by atoms with Crippen LogP contribution in [0.4, 0.5) is 0 Å². The number of hydrogen-bond acceptors (Lipinski definition) is 3. The lowest BCUT2D eigenvalue weighted by molar-refractivity contribution is -0.125. The van der Waals surface area contributed by atoms with Crippen molar-refractivity contribution in [3.63, 3.8) is 0 Å². The van der Waals surface area contributed by atoms with Crippen molar-refractivity contribution in [3.8, 4) is 0 Å². The van der Waals surface area contributed by atoms with Crippen LogP contribution in [0, 0.1) is 11.8 Å². The van der Waals surface area contributed by atoms with E-state index in [2.05, 4.69) is 5.32 Å². The van der Waals surface area contributed by atoms with E-state index in [-0.39, 0.29) is 17.9 Å². The topological polar surface area (TPSA) is 75.3 Å². The summed E-state index contributed by atoms with van der Waals surface area (Å²) in [6.45, 7) is 0. The molecule has 0 aliphatic heterocycles. The smallest absolute Gasteiger partial charge is 0.223 e. The molecule has 4 N–H and O–H groups in total. The van der Waals surface area contributed by atoms with E-state index in [9.17, 15) is 9.90 Å². The monoisotopic (exact) mass is 366 g/mol. The largest absolute Gasteiger partial charge is 0.391 e. The predicted octanol–water partition coefficient (Wildman–Crippen LogP) is 3.29. The molecule has 1 aromatic rings. The van der Waals surface area contributed by atoms with Crippen molar-refractivity contribution in [1.29, 1.82) is 0 Å². The molecule has 25 heavy (non-hydrogen) atoms. The van der Waals surface area contributed by atoms with Gasteiger partial charge in [0.2, 0.25) is 5.91 Å². The highest BCUT2D eigenvalue weighted by Crippen LogP contribution is 2.29. The van der Waals surface area contributed by atoms with Crippen molar-refractivity contribution in [2.45, 2.75) is 63.5 Å². The van der Waals surface area contributed by atoms with E-state index >= 15 is 0 Å². The zero-order valence-electron chi connectivity index (χ0n) is 15.1. The molecule has 5 heteroatoms. The highest BCUT2D eigenvalue weighted by Gasteiger charge is 2.27. The molecule has 1 aromatic carbocycles. The van der Waals surface area contributed by atoms with Crippen molar-refractivity contribution in [3.05, 3.63) is 34.9 Å². The van der Waals surface area contributed by atoms with Crippen molar-refractivity contribution in [1.82, 2.24) is 5.32 Å². The molecule has 1 aliphatic carbocycles. The van der Waals surface area contributed by atoms with E-state index in [0.29, 0.717) is 23.8 Å². The Balaban J connectivity index is 1.95. The van der Waals surface area contributed by atoms with E-state index < -0.39 is 6.10 Å². The Morgan fingerprint density at radius 1 is 1.32 bits per heavy atom. The Hall–Kier alpha value is -1.10. The molecule has 1 saturated carbocycles. The van der Waals surface area contributed by atoms with Gasteiger partial charge in [-0.15, -0.1) is 0 Å². The highest BCUT2D eigenvalue weighted by atomic mass is 35.5. The molecule has 140 valence electrons. The van der Waals surface area contributed by atoms with Gasteiger partial charge in [-0.25, -0.2) is 0 Å². The quantitative estimate of drug-likeness (QED) is 0.660. The molecule has 3 atom stereocenters. The number of amides is 1. The predicted molar refractivity (Wildman–Crippen MR) is 103 cm³/mol. The van der Waals surface area contributed by atoms with Crippen LogP contribution in [0.1, 0.15) is 50.5 Å². The van der Waals surface area contributed by atoms with Crippen molar-refractivity contribution >= 4 is 17.5 Å². The zero-order chi connectivity index (χ0) is 18.2. The summed E-state index contributed by atoms with van der Waals surface area (Å²) < 4.78 is 0. The first-order valence-corrected chi connectivity index (χ1v) is 9.77. The van der Waals surface area contributed by atoms with Gasteiger partial charge in [0.1, 0.15) is 0 Å². The van der Waals surface area contributed by atoms with Crippen LogP contribution in [-0.4, -0.2) is 30.2 Å². The second-order valence-corrected chi connectivity index (χ2v) is 7.72. The molecule has 1 fully saturated rings. The van der Waals surface area contributed by atoms with Gasteiger partial charge in [0.25, 0.3) is 0 Å². The number of nitrogens with one attached hydrogen (secondary N) is 1. The normalized spacial score (nSPS) is 19.2. The summed E-state index contributed by atoms with van der Waals surface area (Å²) in [5, 5.41) is 13.9. The lowest BCUT2D eigenvalue weighted by atomic mass is 9.82. The number of aliphatic hydroxyl groups excluding tert-OH is 1. The van der Waals surface area contributed by atoms with Gasteiger partial charge >= 0.3 is 0 Å². The molecule has 1 amide bonds. The van der Waals surface area contributed by atoms with Gasteiger partial charge in [-0.1, -0.05) is 61.9 Å². The Kier molecular flexibility index (Phi) is 8.20. The molecular weight excluding hydrogens is 336 g/mol. The maximum absolute atomic E-state index is 12.3. The Morgan fingerprint density at radius 3 is 2.64 bits per heavy atom. The van der Waals surface area contributed by atoms with Gasteiger partial charge in [0, 0.05) is 24.0 Å². The Bertz CT molecular complexity index is 546. The Labute approximate surface area is 156 Å². The Morgan fingerprint density at radius 2 is 2.00 bits per heavy atom. The van der Waals surface area contributed by atoms with Crippen LogP contribution in [0.5, 0.6) is 0 Å². The summed E-state index contributed by atoms with van der Waals surface area (Å²) in [6, 6.07) is 7.25. The van der Waals surface area contributed by atoms with E-state index in [1.807, 2.05) is 24.3 Å². The minimum absolute atomic E-state index is 0.0798. The SMILES string of the molecule is CNC(=O)C(Cc1ccccc1Cl)CC(O)[C@@H](N)CC1CCCCC1. The van der Waals surface area contributed by atoms with Crippen molar-refractivity contribution in [2.24, 2.45) is 17.6 Å². The van der Waals surface area contributed by atoms with Gasteiger partial charge < -0.3 is 16.2 Å². The van der Waals surface area contributed by atoms with Crippen LogP contribution < -0.4 is 11.1 Å². The molecule has 0 saturated heterocycles. The number of benzene rings is 1. The molecule has 0 bridgehead atoms. The summed E-state index contributed by atoms with van der Waals surface area (Å²) in [5.41, 5.74) is 7.18. The maximum atomic E-state index is 12.3. The average molecular weight is 367 g/mol. The second-order valence-electron chi connectivity index (χ2n) is 7.31. The fourth-order valence-corrected chi connectivity index (χ4v) is 4.06. The first-order chi connectivity index (χ1) is 12.0.